The van der Waals surface area contributed by atoms with Crippen molar-refractivity contribution >= 4 is 40.5 Å². The quantitative estimate of drug-likeness (QED) is 0.189. The molecule has 9 N–H and O–H groups in total. The number of H-pyrrole nitrogens is 1. The third-order valence-electron chi connectivity index (χ3n) is 5.30. The number of hydrogen-bond donors (Lipinski definition) is 7. The zero-order chi connectivity index (χ0) is 26.1. The van der Waals surface area contributed by atoms with Gasteiger partial charge in [-0.25, -0.2) is 4.79 Å². The first-order chi connectivity index (χ1) is 16.5. The highest BCUT2D eigenvalue weighted by Crippen LogP contribution is 2.19. The second-order valence-corrected chi connectivity index (χ2v) is 8.65. The van der Waals surface area contributed by atoms with Crippen molar-refractivity contribution < 1.29 is 29.1 Å². The maximum absolute atomic E-state index is 13.0. The van der Waals surface area contributed by atoms with E-state index in [1.165, 1.54) is 0 Å². The highest BCUT2D eigenvalue weighted by Gasteiger charge is 2.31. The summed E-state index contributed by atoms with van der Waals surface area (Å²) in [6.07, 6.45) is 1.40. The molecule has 0 saturated heterocycles. The number of carbonyl (C=O) groups excluding carboxylic acids is 4. The van der Waals surface area contributed by atoms with Crippen LogP contribution in [0, 0.1) is 5.92 Å². The number of hydrogen-bond acceptors (Lipinski definition) is 6. The highest BCUT2D eigenvalue weighted by molar-refractivity contribution is 5.95. The monoisotopic (exact) mass is 488 g/mol. The minimum Gasteiger partial charge on any atom is -0.480 e. The molecule has 190 valence electrons. The first kappa shape index (κ1) is 27.3. The number of aromatic nitrogens is 1. The molecule has 3 atom stereocenters. The molecule has 0 spiro atoms. The van der Waals surface area contributed by atoms with Gasteiger partial charge in [0, 0.05) is 23.5 Å². The number of nitrogens with one attached hydrogen (secondary N) is 4. The smallest absolute Gasteiger partial charge is 0.326 e. The Labute approximate surface area is 202 Å². The van der Waals surface area contributed by atoms with E-state index in [1.54, 1.807) is 6.20 Å². The van der Waals surface area contributed by atoms with Gasteiger partial charge >= 0.3 is 5.97 Å². The van der Waals surface area contributed by atoms with Crippen molar-refractivity contribution in [2.24, 2.45) is 17.4 Å². The number of aromatic amines is 1. The predicted molar refractivity (Wildman–Crippen MR) is 128 cm³/mol. The fourth-order valence-electron chi connectivity index (χ4n) is 3.63. The molecule has 12 heteroatoms. The SMILES string of the molecule is CC(C)CC(NC(=O)C(CC(N)=O)NC(=O)CN)C(=O)NC(Cc1c[nH]c2ccccc12)C(=O)O. The number of carboxylic acids is 1. The van der Waals surface area contributed by atoms with Crippen LogP contribution in [0.15, 0.2) is 30.5 Å². The van der Waals surface area contributed by atoms with Crippen LogP contribution in [0.5, 0.6) is 0 Å². The number of carbonyl (C=O) groups is 5. The van der Waals surface area contributed by atoms with E-state index in [1.807, 2.05) is 38.1 Å². The van der Waals surface area contributed by atoms with Crippen molar-refractivity contribution in [2.45, 2.75) is 51.2 Å². The Morgan fingerprint density at radius 3 is 2.20 bits per heavy atom. The van der Waals surface area contributed by atoms with E-state index in [-0.39, 0.29) is 18.8 Å². The van der Waals surface area contributed by atoms with E-state index < -0.39 is 60.7 Å². The molecule has 12 nitrogen and oxygen atoms in total. The lowest BCUT2D eigenvalue weighted by atomic mass is 10.0. The Balaban J connectivity index is 2.18. The molecular formula is C23H32N6O6. The number of amides is 4. The number of carboxylic acid groups (broad SMARTS) is 1. The van der Waals surface area contributed by atoms with Crippen molar-refractivity contribution in [3.05, 3.63) is 36.0 Å². The van der Waals surface area contributed by atoms with E-state index >= 15 is 0 Å². The van der Waals surface area contributed by atoms with Crippen LogP contribution in [-0.4, -0.2) is 64.4 Å². The van der Waals surface area contributed by atoms with Gasteiger partial charge in [0.25, 0.3) is 0 Å². The van der Waals surface area contributed by atoms with Gasteiger partial charge in [0.1, 0.15) is 18.1 Å². The Kier molecular flexibility index (Phi) is 9.76. The second kappa shape index (κ2) is 12.5. The topological polar surface area (TPSA) is 209 Å². The van der Waals surface area contributed by atoms with Crippen LogP contribution >= 0.6 is 0 Å². The van der Waals surface area contributed by atoms with Crippen molar-refractivity contribution in [2.75, 3.05) is 6.54 Å². The van der Waals surface area contributed by atoms with Gasteiger partial charge in [-0.3, -0.25) is 19.2 Å². The van der Waals surface area contributed by atoms with Gasteiger partial charge in [-0.2, -0.15) is 0 Å². The lowest BCUT2D eigenvalue weighted by Gasteiger charge is -2.25. The number of benzene rings is 1. The van der Waals surface area contributed by atoms with Gasteiger partial charge in [-0.05, 0) is 24.0 Å². The Bertz CT molecular complexity index is 1080. The van der Waals surface area contributed by atoms with Gasteiger partial charge in [0.05, 0.1) is 13.0 Å². The summed E-state index contributed by atoms with van der Waals surface area (Å²) in [5, 5.41) is 17.9. The molecule has 4 amide bonds. The minimum absolute atomic E-state index is 0.0181. The van der Waals surface area contributed by atoms with Gasteiger partial charge in [-0.1, -0.05) is 32.0 Å². The molecule has 2 aromatic rings. The maximum atomic E-state index is 13.0. The standard InChI is InChI=1S/C23H32N6O6/c1-12(2)7-16(28-22(33)17(9-19(25)30)27-20(31)10-24)21(32)29-18(23(34)35)8-13-11-26-15-6-4-3-5-14(13)15/h3-6,11-12,16-18,26H,7-10,24H2,1-2H3,(H2,25,30)(H,27,31)(H,28,33)(H,29,32)(H,34,35). The lowest BCUT2D eigenvalue weighted by molar-refractivity contribution is -0.142. The summed E-state index contributed by atoms with van der Waals surface area (Å²) in [5.74, 6) is -4.31. The van der Waals surface area contributed by atoms with Gasteiger partial charge < -0.3 is 37.5 Å². The van der Waals surface area contributed by atoms with E-state index in [2.05, 4.69) is 20.9 Å². The van der Waals surface area contributed by atoms with Crippen molar-refractivity contribution in [1.82, 2.24) is 20.9 Å². The van der Waals surface area contributed by atoms with Crippen molar-refractivity contribution in [1.29, 1.82) is 0 Å². The molecule has 1 aromatic carbocycles. The van der Waals surface area contributed by atoms with Gasteiger partial charge in [0.2, 0.25) is 23.6 Å². The van der Waals surface area contributed by atoms with Gasteiger partial charge in [0.15, 0.2) is 0 Å². The van der Waals surface area contributed by atoms with Crippen molar-refractivity contribution in [3.63, 3.8) is 0 Å². The molecule has 1 aromatic heterocycles. The second-order valence-electron chi connectivity index (χ2n) is 8.65. The summed E-state index contributed by atoms with van der Waals surface area (Å²) in [6.45, 7) is 3.24. The van der Waals surface area contributed by atoms with Crippen LogP contribution in [0.4, 0.5) is 0 Å². The fraction of sp³-hybridized carbons (Fsp3) is 0.435. The zero-order valence-corrected chi connectivity index (χ0v) is 19.7. The highest BCUT2D eigenvalue weighted by atomic mass is 16.4. The number of fused-ring (bicyclic) bond motifs is 1. The van der Waals surface area contributed by atoms with Crippen LogP contribution in [0.3, 0.4) is 0 Å². The third kappa shape index (κ3) is 8.10. The minimum atomic E-state index is -1.33. The molecule has 0 aliphatic heterocycles. The van der Waals surface area contributed by atoms with E-state index in [4.69, 9.17) is 11.5 Å². The van der Waals surface area contributed by atoms with Crippen LogP contribution in [0.1, 0.15) is 32.3 Å². The van der Waals surface area contributed by atoms with Gasteiger partial charge in [-0.15, -0.1) is 0 Å². The molecule has 0 bridgehead atoms. The summed E-state index contributed by atoms with van der Waals surface area (Å²) >= 11 is 0. The first-order valence-electron chi connectivity index (χ1n) is 11.2. The number of nitrogens with two attached hydrogens (primary N) is 2. The van der Waals surface area contributed by atoms with Crippen LogP contribution in [-0.2, 0) is 30.4 Å². The fourth-order valence-corrected chi connectivity index (χ4v) is 3.63. The largest absolute Gasteiger partial charge is 0.480 e. The summed E-state index contributed by atoms with van der Waals surface area (Å²) in [5.41, 5.74) is 12.0. The van der Waals surface area contributed by atoms with Crippen molar-refractivity contribution in [3.8, 4) is 0 Å². The summed E-state index contributed by atoms with van der Waals surface area (Å²) < 4.78 is 0. The Morgan fingerprint density at radius 2 is 1.60 bits per heavy atom. The lowest BCUT2D eigenvalue weighted by Crippen LogP contribution is -2.57. The molecule has 1 heterocycles. The molecule has 3 unspecified atom stereocenters. The maximum Gasteiger partial charge on any atom is 0.326 e. The summed E-state index contributed by atoms with van der Waals surface area (Å²) in [4.78, 5) is 63.8. The molecule has 0 aliphatic rings. The molecule has 0 radical (unpaired) electrons. The van der Waals surface area contributed by atoms with Crippen LogP contribution in [0.25, 0.3) is 10.9 Å². The molecular weight excluding hydrogens is 456 g/mol. The normalized spacial score (nSPS) is 13.6. The van der Waals surface area contributed by atoms with Crippen LogP contribution < -0.4 is 27.4 Å². The number of aliphatic carboxylic acids is 1. The number of primary amides is 1. The zero-order valence-electron chi connectivity index (χ0n) is 19.7. The number of rotatable bonds is 13. The molecule has 2 rings (SSSR count). The Hall–Kier alpha value is -3.93. The third-order valence-corrected chi connectivity index (χ3v) is 5.30. The average molecular weight is 489 g/mol. The van der Waals surface area contributed by atoms with E-state index in [0.29, 0.717) is 5.56 Å². The van der Waals surface area contributed by atoms with E-state index in [0.717, 1.165) is 10.9 Å². The molecule has 0 fully saturated rings. The van der Waals surface area contributed by atoms with Crippen LogP contribution in [0.2, 0.25) is 0 Å². The summed E-state index contributed by atoms with van der Waals surface area (Å²) in [6, 6.07) is 3.68. The summed E-state index contributed by atoms with van der Waals surface area (Å²) in [7, 11) is 0. The average Bonchev–Trinajstić information content (AvgIpc) is 3.19. The molecule has 0 saturated carbocycles. The first-order valence-corrected chi connectivity index (χ1v) is 11.2. The predicted octanol–water partition coefficient (Wildman–Crippen LogP) is -0.870. The molecule has 0 aliphatic carbocycles. The molecule has 35 heavy (non-hydrogen) atoms. The number of para-hydroxylation sites is 1. The van der Waals surface area contributed by atoms with E-state index in [9.17, 15) is 29.1 Å². The Morgan fingerprint density at radius 1 is 0.971 bits per heavy atom.